The molecule has 2 bridgehead atoms. The molecule has 2 aromatic carbocycles. The third-order valence-corrected chi connectivity index (χ3v) is 10.4. The first-order chi connectivity index (χ1) is 21.6. The average molecular weight is 613 g/mol. The Balaban J connectivity index is 1.17. The third kappa shape index (κ3) is 4.23. The van der Waals surface area contributed by atoms with Crippen molar-refractivity contribution in [3.8, 4) is 22.9 Å². The normalized spacial score (nSPS) is 28.2. The van der Waals surface area contributed by atoms with E-state index in [0.717, 1.165) is 29.8 Å². The topological polar surface area (TPSA) is 133 Å². The first-order valence-electron chi connectivity index (χ1n) is 15.8. The predicted octanol–water partition coefficient (Wildman–Crippen LogP) is 4.46. The number of esters is 1. The molecule has 1 spiro atoms. The number of carbonyl (C=O) groups excluding carboxylic acids is 3. The molecule has 5 aliphatic rings. The Morgan fingerprint density at radius 3 is 2.69 bits per heavy atom. The minimum atomic E-state index is -1.05. The van der Waals surface area contributed by atoms with Gasteiger partial charge in [0.2, 0.25) is 5.82 Å². The molecule has 1 aromatic heterocycles. The maximum absolute atomic E-state index is 14.1. The van der Waals surface area contributed by atoms with Gasteiger partial charge in [-0.25, -0.2) is 4.79 Å². The second-order valence-corrected chi connectivity index (χ2v) is 13.7. The summed E-state index contributed by atoms with van der Waals surface area (Å²) in [5.74, 6) is 1.51. The fourth-order valence-electron chi connectivity index (χ4n) is 8.35. The molecule has 2 saturated carbocycles. The minimum absolute atomic E-state index is 0.0264. The van der Waals surface area contributed by atoms with Crippen LogP contribution in [0.4, 0.5) is 4.79 Å². The molecule has 0 radical (unpaired) electrons. The Bertz CT molecular complexity index is 1720. The summed E-state index contributed by atoms with van der Waals surface area (Å²) in [6.45, 7) is 6.61. The molecule has 1 N–H and O–H groups in total. The first-order valence-corrected chi connectivity index (χ1v) is 15.8. The lowest BCUT2D eigenvalue weighted by molar-refractivity contribution is -0.189. The molecule has 1 amide bonds. The van der Waals surface area contributed by atoms with Gasteiger partial charge < -0.3 is 24.1 Å². The smallest absolute Gasteiger partial charge is 0.408 e. The lowest BCUT2D eigenvalue weighted by Gasteiger charge is -2.63. The number of likely N-dealkylation sites (tertiary alicyclic amines) is 1. The van der Waals surface area contributed by atoms with E-state index in [1.165, 1.54) is 19.8 Å². The van der Waals surface area contributed by atoms with Gasteiger partial charge in [0.05, 0.1) is 11.5 Å². The molecule has 3 fully saturated rings. The number of nitrogens with one attached hydrogen (secondary N) is 1. The average Bonchev–Trinajstić information content (AvgIpc) is 3.52. The Morgan fingerprint density at radius 1 is 1.13 bits per heavy atom. The van der Waals surface area contributed by atoms with Gasteiger partial charge in [-0.1, -0.05) is 41.6 Å². The maximum Gasteiger partial charge on any atom is 0.408 e. The third-order valence-electron chi connectivity index (χ3n) is 10.4. The van der Waals surface area contributed by atoms with E-state index in [1.54, 1.807) is 19.9 Å². The van der Waals surface area contributed by atoms with E-state index in [-0.39, 0.29) is 24.1 Å². The summed E-state index contributed by atoms with van der Waals surface area (Å²) in [5.41, 5.74) is -0.309. The van der Waals surface area contributed by atoms with Crippen molar-refractivity contribution in [2.45, 2.75) is 88.0 Å². The minimum Gasteiger partial charge on any atom is -0.477 e. The second-order valence-electron chi connectivity index (χ2n) is 13.7. The Morgan fingerprint density at radius 2 is 1.93 bits per heavy atom. The number of piperidine rings is 1. The van der Waals surface area contributed by atoms with Crippen molar-refractivity contribution in [1.29, 1.82) is 0 Å². The molecule has 11 nitrogen and oxygen atoms in total. The Kier molecular flexibility index (Phi) is 6.20. The van der Waals surface area contributed by atoms with Gasteiger partial charge >= 0.3 is 12.1 Å². The number of amides is 1. The summed E-state index contributed by atoms with van der Waals surface area (Å²) in [7, 11) is 0. The predicted molar refractivity (Wildman–Crippen MR) is 160 cm³/mol. The van der Waals surface area contributed by atoms with Crippen LogP contribution in [0, 0.1) is 5.92 Å². The summed E-state index contributed by atoms with van der Waals surface area (Å²) in [5, 5.41) is 7.13. The van der Waals surface area contributed by atoms with E-state index in [0.29, 0.717) is 42.5 Å². The van der Waals surface area contributed by atoms with Gasteiger partial charge in [-0.2, -0.15) is 4.98 Å². The van der Waals surface area contributed by atoms with Gasteiger partial charge in [-0.15, -0.1) is 0 Å². The van der Waals surface area contributed by atoms with Gasteiger partial charge in [0.1, 0.15) is 11.1 Å². The standard InChI is InChI=1S/C34H36N4O7/c1-19(39)42-24-12-11-22-17-25-34(44-31(41)36-32(2,3)30-35-29(37-45-30)21-7-5-4-6-8-21)14-13-23(40)28-33(34,26(22)27(24)43-28)15-16-38(25)18-20-9-10-20/h4-8,11-12,20,25,28H,9-10,13-18H2,1-3H3,(H,36,41)/t25-,28+,33+,34?/m1/s1. The summed E-state index contributed by atoms with van der Waals surface area (Å²) >= 11 is 0. The number of benzene rings is 2. The number of carbonyl (C=O) groups is 3. The molecule has 11 heteroatoms. The zero-order valence-corrected chi connectivity index (χ0v) is 25.6. The molecule has 3 aromatic rings. The van der Waals surface area contributed by atoms with Crippen molar-refractivity contribution in [3.05, 3.63) is 59.5 Å². The SMILES string of the molecule is CC(=O)Oc1ccc2c3c1O[C@H]1C(=O)CCC4(OC(=O)NC(C)(C)c5nc(-c6ccccc6)no5)[C@@H](C2)N(CC2CC2)CC[C@]314. The Hall–Kier alpha value is -4.25. The number of hydrogen-bond donors (Lipinski definition) is 1. The lowest BCUT2D eigenvalue weighted by Crippen LogP contribution is -2.78. The van der Waals surface area contributed by atoms with Crippen molar-refractivity contribution >= 4 is 17.8 Å². The summed E-state index contributed by atoms with van der Waals surface area (Å²) in [4.78, 5) is 46.8. The van der Waals surface area contributed by atoms with E-state index in [2.05, 4.69) is 20.4 Å². The van der Waals surface area contributed by atoms with Crippen LogP contribution in [0.2, 0.25) is 0 Å². The molecule has 3 heterocycles. The number of rotatable bonds is 7. The van der Waals surface area contributed by atoms with Crippen LogP contribution in [0.5, 0.6) is 11.5 Å². The number of aromatic nitrogens is 2. The van der Waals surface area contributed by atoms with Gasteiger partial charge in [-0.05, 0) is 70.0 Å². The summed E-state index contributed by atoms with van der Waals surface area (Å²) in [6, 6.07) is 13.1. The number of ether oxygens (including phenoxy) is 3. The molecule has 8 rings (SSSR count). The van der Waals surface area contributed by atoms with Crippen LogP contribution in [0.25, 0.3) is 11.4 Å². The van der Waals surface area contributed by atoms with Crippen LogP contribution < -0.4 is 14.8 Å². The zero-order chi connectivity index (χ0) is 31.1. The molecule has 1 saturated heterocycles. The van der Waals surface area contributed by atoms with E-state index >= 15 is 0 Å². The highest BCUT2D eigenvalue weighted by Gasteiger charge is 2.75. The maximum atomic E-state index is 14.1. The van der Waals surface area contributed by atoms with E-state index in [1.807, 2.05) is 36.4 Å². The fraction of sp³-hybridized carbons (Fsp3) is 0.500. The number of Topliss-reactive ketones (excluding diaryl/α,β-unsaturated/α-hetero) is 1. The number of hydrogen-bond acceptors (Lipinski definition) is 10. The van der Waals surface area contributed by atoms with Crippen LogP contribution in [0.15, 0.2) is 47.0 Å². The van der Waals surface area contributed by atoms with E-state index < -0.39 is 34.7 Å². The largest absolute Gasteiger partial charge is 0.477 e. The highest BCUT2D eigenvalue weighted by Crippen LogP contribution is 2.66. The van der Waals surface area contributed by atoms with Gasteiger partial charge in [-0.3, -0.25) is 14.5 Å². The van der Waals surface area contributed by atoms with E-state index in [4.69, 9.17) is 18.7 Å². The molecule has 234 valence electrons. The van der Waals surface area contributed by atoms with Crippen molar-refractivity contribution < 1.29 is 33.1 Å². The zero-order valence-electron chi connectivity index (χ0n) is 25.6. The fourth-order valence-corrected chi connectivity index (χ4v) is 8.35. The molecule has 2 aliphatic heterocycles. The number of ketones is 1. The van der Waals surface area contributed by atoms with Crippen molar-refractivity contribution in [1.82, 2.24) is 20.4 Å². The molecule has 45 heavy (non-hydrogen) atoms. The van der Waals surface area contributed by atoms with Crippen LogP contribution in [-0.2, 0) is 31.7 Å². The highest BCUT2D eigenvalue weighted by atomic mass is 16.6. The second kappa shape index (κ2) is 9.87. The lowest BCUT2D eigenvalue weighted by atomic mass is 9.48. The highest BCUT2D eigenvalue weighted by molar-refractivity contribution is 5.90. The number of alkyl carbamates (subject to hydrolysis) is 1. The van der Waals surface area contributed by atoms with Gasteiger partial charge in [0, 0.05) is 31.0 Å². The molecule has 1 unspecified atom stereocenters. The van der Waals surface area contributed by atoms with Crippen LogP contribution in [-0.4, -0.2) is 63.7 Å². The first kappa shape index (κ1) is 28.2. The van der Waals surface area contributed by atoms with Gasteiger partial charge in [0.15, 0.2) is 23.4 Å². The van der Waals surface area contributed by atoms with Crippen LogP contribution >= 0.6 is 0 Å². The van der Waals surface area contributed by atoms with E-state index in [9.17, 15) is 14.4 Å². The van der Waals surface area contributed by atoms with Crippen LogP contribution in [0.3, 0.4) is 0 Å². The molecular weight excluding hydrogens is 576 g/mol. The van der Waals surface area contributed by atoms with Gasteiger partial charge in [0.25, 0.3) is 5.89 Å². The summed E-state index contributed by atoms with van der Waals surface area (Å²) in [6.07, 6.45) is 2.73. The Labute approximate surface area is 260 Å². The quantitative estimate of drug-likeness (QED) is 0.301. The van der Waals surface area contributed by atoms with Crippen molar-refractivity contribution in [3.63, 3.8) is 0 Å². The van der Waals surface area contributed by atoms with Crippen LogP contribution in [0.1, 0.15) is 69.9 Å². The summed E-state index contributed by atoms with van der Waals surface area (Å²) < 4.78 is 24.4. The molecule has 4 atom stereocenters. The molecule has 3 aliphatic carbocycles. The van der Waals surface area contributed by atoms with Crippen molar-refractivity contribution in [2.24, 2.45) is 5.92 Å². The van der Waals surface area contributed by atoms with Crippen molar-refractivity contribution in [2.75, 3.05) is 13.1 Å². The monoisotopic (exact) mass is 612 g/mol. The molecular formula is C34H36N4O7. The number of nitrogens with zero attached hydrogens (tertiary/aromatic N) is 3.